The highest BCUT2D eigenvalue weighted by Crippen LogP contribution is 2.48. The van der Waals surface area contributed by atoms with Gasteiger partial charge in [0.25, 0.3) is 0 Å². The fourth-order valence-electron chi connectivity index (χ4n) is 5.13. The van der Waals surface area contributed by atoms with Gasteiger partial charge in [0.1, 0.15) is 18.2 Å². The Bertz CT molecular complexity index is 1010. The van der Waals surface area contributed by atoms with E-state index in [0.29, 0.717) is 6.54 Å². The van der Waals surface area contributed by atoms with Gasteiger partial charge in [-0.3, -0.25) is 10.1 Å². The molecule has 0 radical (unpaired) electrons. The number of nitrogens with one attached hydrogen (secondary N) is 1. The minimum Gasteiger partial charge on any atom is -0.337 e. The van der Waals surface area contributed by atoms with Gasteiger partial charge in [0.2, 0.25) is 5.91 Å². The number of carbonyl (C=O) groups excluding carboxylic acids is 2. The van der Waals surface area contributed by atoms with Crippen LogP contribution >= 0.6 is 0 Å². The second-order valence-electron chi connectivity index (χ2n) is 8.44. The molecule has 3 aliphatic heterocycles. The van der Waals surface area contributed by atoms with Gasteiger partial charge in [-0.2, -0.15) is 0 Å². The molecular weight excluding hydrogens is 402 g/mol. The monoisotopic (exact) mass is 426 g/mol. The van der Waals surface area contributed by atoms with Crippen LogP contribution in [0.4, 0.5) is 25.0 Å². The Kier molecular flexibility index (Phi) is 5.09. The highest BCUT2D eigenvalue weighted by Gasteiger charge is 2.42. The number of likely N-dealkylation sites (tertiary alicyclic amines) is 1. The van der Waals surface area contributed by atoms with Crippen LogP contribution in [-0.2, 0) is 4.79 Å². The molecule has 2 unspecified atom stereocenters. The standard InChI is InChI=1S/C23H24F2N4O2/c24-15-2-5-17(6-3-15)29-20-7-4-16(25)12-18(20)19-13-27(11-8-21(19)29)9-1-10-28-14-22(30)26-23(28)31/h2-7,12,19,21H,1,8-11,13-14H2,(H,26,30,31). The number of carbonyl (C=O) groups is 2. The Morgan fingerprint density at radius 3 is 2.52 bits per heavy atom. The van der Waals surface area contributed by atoms with Crippen molar-refractivity contribution in [3.05, 3.63) is 59.7 Å². The second kappa shape index (κ2) is 7.92. The van der Waals surface area contributed by atoms with Crippen LogP contribution in [0, 0.1) is 11.6 Å². The third-order valence-electron chi connectivity index (χ3n) is 6.52. The van der Waals surface area contributed by atoms with Crippen molar-refractivity contribution in [3.8, 4) is 0 Å². The number of amides is 3. The molecule has 6 nitrogen and oxygen atoms in total. The zero-order chi connectivity index (χ0) is 21.5. The van der Waals surface area contributed by atoms with E-state index in [1.807, 2.05) is 6.07 Å². The van der Waals surface area contributed by atoms with Gasteiger partial charge < -0.3 is 14.7 Å². The normalized spacial score (nSPS) is 23.2. The van der Waals surface area contributed by atoms with E-state index in [4.69, 9.17) is 0 Å². The summed E-state index contributed by atoms with van der Waals surface area (Å²) >= 11 is 0. The Labute approximate surface area is 179 Å². The Morgan fingerprint density at radius 1 is 1.00 bits per heavy atom. The lowest BCUT2D eigenvalue weighted by molar-refractivity contribution is -0.118. The van der Waals surface area contributed by atoms with E-state index in [2.05, 4.69) is 15.1 Å². The number of imide groups is 1. The van der Waals surface area contributed by atoms with Crippen molar-refractivity contribution in [3.63, 3.8) is 0 Å². The third-order valence-corrected chi connectivity index (χ3v) is 6.52. The van der Waals surface area contributed by atoms with E-state index in [-0.39, 0.29) is 42.1 Å². The largest absolute Gasteiger partial charge is 0.337 e. The minimum atomic E-state index is -0.321. The van der Waals surface area contributed by atoms with Crippen LogP contribution in [0.5, 0.6) is 0 Å². The smallest absolute Gasteiger partial charge is 0.324 e. The summed E-state index contributed by atoms with van der Waals surface area (Å²) in [4.78, 5) is 29.1. The molecule has 2 aromatic rings. The molecule has 0 spiro atoms. The average Bonchev–Trinajstić information content (AvgIpc) is 3.24. The number of urea groups is 1. The quantitative estimate of drug-likeness (QED) is 0.746. The number of halogens is 2. The maximum Gasteiger partial charge on any atom is 0.324 e. The summed E-state index contributed by atoms with van der Waals surface area (Å²) in [6.07, 6.45) is 1.68. The number of piperidine rings is 1. The van der Waals surface area contributed by atoms with Crippen LogP contribution in [0.25, 0.3) is 0 Å². The van der Waals surface area contributed by atoms with Crippen LogP contribution in [0.2, 0.25) is 0 Å². The average molecular weight is 426 g/mol. The first kappa shape index (κ1) is 19.9. The van der Waals surface area contributed by atoms with Gasteiger partial charge in [-0.1, -0.05) is 0 Å². The molecule has 3 heterocycles. The number of rotatable bonds is 5. The molecule has 0 saturated carbocycles. The fraction of sp³-hybridized carbons (Fsp3) is 0.391. The summed E-state index contributed by atoms with van der Waals surface area (Å²) in [5.41, 5.74) is 2.89. The number of anilines is 2. The Balaban J connectivity index is 1.30. The molecule has 1 N–H and O–H groups in total. The third kappa shape index (κ3) is 3.76. The molecule has 2 aromatic carbocycles. The lowest BCUT2D eigenvalue weighted by Gasteiger charge is -2.39. The van der Waals surface area contributed by atoms with Gasteiger partial charge in [-0.05, 0) is 67.4 Å². The Hall–Kier alpha value is -3.00. The number of benzene rings is 2. The zero-order valence-corrected chi connectivity index (χ0v) is 17.1. The van der Waals surface area contributed by atoms with E-state index in [1.165, 1.54) is 23.1 Å². The van der Waals surface area contributed by atoms with E-state index >= 15 is 0 Å². The molecule has 5 rings (SSSR count). The minimum absolute atomic E-state index is 0.128. The maximum absolute atomic E-state index is 14.1. The van der Waals surface area contributed by atoms with Crippen LogP contribution in [0.3, 0.4) is 0 Å². The fourth-order valence-corrected chi connectivity index (χ4v) is 5.13. The van der Waals surface area contributed by atoms with Crippen LogP contribution < -0.4 is 10.2 Å². The summed E-state index contributed by atoms with van der Waals surface area (Å²) in [6.45, 7) is 3.16. The SMILES string of the molecule is O=C1CN(CCCN2CCC3C(C2)c2cc(F)ccc2N3c2ccc(F)cc2)C(=O)N1. The van der Waals surface area contributed by atoms with Crippen molar-refractivity contribution < 1.29 is 18.4 Å². The van der Waals surface area contributed by atoms with Crippen molar-refractivity contribution >= 4 is 23.3 Å². The zero-order valence-electron chi connectivity index (χ0n) is 17.1. The maximum atomic E-state index is 14.1. The molecule has 3 amide bonds. The van der Waals surface area contributed by atoms with Crippen molar-refractivity contribution in [2.45, 2.75) is 24.8 Å². The molecule has 31 heavy (non-hydrogen) atoms. The van der Waals surface area contributed by atoms with E-state index in [0.717, 1.165) is 49.4 Å². The van der Waals surface area contributed by atoms with Gasteiger partial charge in [0.15, 0.2) is 0 Å². The van der Waals surface area contributed by atoms with Crippen LogP contribution in [0.15, 0.2) is 42.5 Å². The first-order chi connectivity index (χ1) is 15.0. The van der Waals surface area contributed by atoms with Crippen molar-refractivity contribution in [2.75, 3.05) is 37.6 Å². The topological polar surface area (TPSA) is 55.9 Å². The first-order valence-corrected chi connectivity index (χ1v) is 10.6. The molecule has 3 aliphatic rings. The first-order valence-electron chi connectivity index (χ1n) is 10.6. The van der Waals surface area contributed by atoms with Crippen molar-refractivity contribution in [1.29, 1.82) is 0 Å². The van der Waals surface area contributed by atoms with E-state index in [9.17, 15) is 18.4 Å². The molecule has 0 aliphatic carbocycles. The highest BCUT2D eigenvalue weighted by atomic mass is 19.1. The molecule has 2 fully saturated rings. The van der Waals surface area contributed by atoms with Gasteiger partial charge in [-0.15, -0.1) is 0 Å². The summed E-state index contributed by atoms with van der Waals surface area (Å²) < 4.78 is 27.6. The lowest BCUT2D eigenvalue weighted by Crippen LogP contribution is -2.45. The number of fused-ring (bicyclic) bond motifs is 3. The summed E-state index contributed by atoms with van der Waals surface area (Å²) in [5.74, 6) is -0.625. The van der Waals surface area contributed by atoms with Gasteiger partial charge in [0.05, 0.1) is 0 Å². The second-order valence-corrected chi connectivity index (χ2v) is 8.44. The summed E-state index contributed by atoms with van der Waals surface area (Å²) in [6, 6.07) is 11.3. The van der Waals surface area contributed by atoms with Gasteiger partial charge >= 0.3 is 6.03 Å². The molecular formula is C23H24F2N4O2. The predicted octanol–water partition coefficient (Wildman–Crippen LogP) is 3.22. The van der Waals surface area contributed by atoms with Crippen molar-refractivity contribution in [1.82, 2.24) is 15.1 Å². The molecule has 2 atom stereocenters. The lowest BCUT2D eigenvalue weighted by atomic mass is 9.89. The van der Waals surface area contributed by atoms with Gasteiger partial charge in [-0.25, -0.2) is 13.6 Å². The molecule has 0 bridgehead atoms. The highest BCUT2D eigenvalue weighted by molar-refractivity contribution is 6.01. The molecule has 8 heteroatoms. The Morgan fingerprint density at radius 2 is 1.77 bits per heavy atom. The molecule has 0 aromatic heterocycles. The summed E-state index contributed by atoms with van der Waals surface area (Å²) in [5, 5.41) is 2.30. The van der Waals surface area contributed by atoms with Crippen LogP contribution in [-0.4, -0.2) is 60.5 Å². The number of nitrogens with zero attached hydrogens (tertiary/aromatic N) is 3. The predicted molar refractivity (Wildman–Crippen MR) is 112 cm³/mol. The number of hydrogen-bond acceptors (Lipinski definition) is 4. The molecule has 2 saturated heterocycles. The van der Waals surface area contributed by atoms with Gasteiger partial charge in [0, 0.05) is 43.0 Å². The molecule has 162 valence electrons. The van der Waals surface area contributed by atoms with E-state index in [1.54, 1.807) is 18.2 Å². The van der Waals surface area contributed by atoms with E-state index < -0.39 is 0 Å². The number of hydrogen-bond donors (Lipinski definition) is 1. The van der Waals surface area contributed by atoms with Crippen LogP contribution in [0.1, 0.15) is 24.3 Å². The summed E-state index contributed by atoms with van der Waals surface area (Å²) in [7, 11) is 0. The van der Waals surface area contributed by atoms with Crippen molar-refractivity contribution in [2.24, 2.45) is 0 Å².